The van der Waals surface area contributed by atoms with Crippen LogP contribution in [0.5, 0.6) is 5.75 Å². The highest BCUT2D eigenvalue weighted by atomic mass is 35.5. The number of ketones is 1. The summed E-state index contributed by atoms with van der Waals surface area (Å²) in [7, 11) is 7.60. The van der Waals surface area contributed by atoms with Gasteiger partial charge >= 0.3 is 6.09 Å². The molecule has 4 aliphatic heterocycles. The maximum Gasteiger partial charge on any atom is 0.409 e. The third-order valence-corrected chi connectivity index (χ3v) is 15.1. The number of carbonyl (C=O) groups excluding carboxylic acids is 7. The minimum absolute atomic E-state index is 0.0146. The molecule has 348 valence electrons. The van der Waals surface area contributed by atoms with E-state index in [4.69, 9.17) is 30.5 Å². The number of fused-ring (bicyclic) bond motifs is 4. The molecule has 16 nitrogen and oxygen atoms in total. The van der Waals surface area contributed by atoms with Crippen LogP contribution in [-0.4, -0.2) is 145 Å². The van der Waals surface area contributed by atoms with Crippen molar-refractivity contribution in [3.8, 4) is 5.75 Å². The summed E-state index contributed by atoms with van der Waals surface area (Å²) < 4.78 is 23.4. The minimum Gasteiger partial charge on any atom is -0.495 e. The summed E-state index contributed by atoms with van der Waals surface area (Å²) in [6.07, 6.45) is 4.82. The Morgan fingerprint density at radius 2 is 1.84 bits per heavy atom. The van der Waals surface area contributed by atoms with E-state index < -0.39 is 64.8 Å². The van der Waals surface area contributed by atoms with E-state index in [0.717, 1.165) is 17.6 Å². The standard InChI is InChI=1S/C45H60BClN4O12S/c1-24-12-11-13-33(61-7)44(59)23-31(62-43(58)48-44)25(2)41-45(63-41)28(21-36(54)50(5)29-19-27(18-24)20-30(60-6)39(29)47)38(45)40(56)26(3)49(4)35(53)15-17-64-32-22-37(55)51(42(32)57)16-10-8-9-14-34(46)52/h11-13,19-20,25-26,28,31-33,38,41,59H,8-10,14-18,21-23,46H2,1-7H3,(H,48,58)/b13-11+,24-12+/t25-,26+,28?,31+,32?,33-,38?,41+,44+,45-/m1/s1. The molecule has 1 aromatic rings. The summed E-state index contributed by atoms with van der Waals surface area (Å²) in [6.45, 7) is 5.66. The van der Waals surface area contributed by atoms with Gasteiger partial charge in [0.2, 0.25) is 23.6 Å². The molecule has 19 heteroatoms. The van der Waals surface area contributed by atoms with Gasteiger partial charge in [-0.3, -0.25) is 34.2 Å². The van der Waals surface area contributed by atoms with Crippen molar-refractivity contribution in [3.05, 3.63) is 46.5 Å². The zero-order valence-corrected chi connectivity index (χ0v) is 39.4. The molecule has 1 aromatic carbocycles. The highest BCUT2D eigenvalue weighted by molar-refractivity contribution is 8.00. The number of nitrogens with zero attached hydrogens (tertiary/aromatic N) is 3. The summed E-state index contributed by atoms with van der Waals surface area (Å²) in [5, 5.41) is 14.0. The number of imide groups is 1. The average molecular weight is 927 g/mol. The number of allylic oxidation sites excluding steroid dienone is 3. The van der Waals surface area contributed by atoms with Crippen molar-refractivity contribution in [2.75, 3.05) is 45.5 Å². The molecule has 1 aliphatic carbocycles. The van der Waals surface area contributed by atoms with E-state index >= 15 is 0 Å². The Morgan fingerprint density at radius 1 is 1.11 bits per heavy atom. The highest BCUT2D eigenvalue weighted by Gasteiger charge is 2.84. The second-order valence-corrected chi connectivity index (χ2v) is 19.5. The van der Waals surface area contributed by atoms with Crippen molar-refractivity contribution < 1.29 is 57.6 Å². The maximum atomic E-state index is 14.5. The Bertz CT molecular complexity index is 2110. The number of alkyl carbamates (subject to hydrolysis) is 1. The van der Waals surface area contributed by atoms with E-state index in [1.165, 1.54) is 55.6 Å². The Hall–Kier alpha value is -4.23. The lowest BCUT2D eigenvalue weighted by atomic mass is 9.87. The van der Waals surface area contributed by atoms with Gasteiger partial charge in [-0.2, -0.15) is 0 Å². The fraction of sp³-hybridized carbons (Fsp3) is 0.622. The van der Waals surface area contributed by atoms with Crippen molar-refractivity contribution >= 4 is 78.1 Å². The summed E-state index contributed by atoms with van der Waals surface area (Å²) >= 11 is 8.04. The number of epoxide rings is 1. The highest BCUT2D eigenvalue weighted by Crippen LogP contribution is 2.71. The fourth-order valence-corrected chi connectivity index (χ4v) is 10.9. The molecule has 4 bridgehead atoms. The van der Waals surface area contributed by atoms with Crippen LogP contribution < -0.4 is 15.0 Å². The number of halogens is 1. The SMILES string of the molecule is BC(=O)CCCCCN1C(=O)CC(SCCC(=O)N(C)[C@@H](C)C(=O)C2C3CC(=O)N(C)c4cc(cc(OC)c4Cl)C/C(C)=C/C=C/[C@@H](OC)[C@@]4(O)C[C@H](OC(=O)N4)[C@@H](C)[C@@H]4O[C@]324)C1=O. The summed E-state index contributed by atoms with van der Waals surface area (Å²) in [5.41, 5.74) is -0.688. The Kier molecular flexibility index (Phi) is 15.5. The van der Waals surface area contributed by atoms with Gasteiger partial charge in [0.05, 0.1) is 41.8 Å². The van der Waals surface area contributed by atoms with E-state index in [2.05, 4.69) is 5.32 Å². The zero-order chi connectivity index (χ0) is 46.8. The van der Waals surface area contributed by atoms with Crippen LogP contribution in [0.4, 0.5) is 10.5 Å². The third kappa shape index (κ3) is 10.3. The van der Waals surface area contributed by atoms with Gasteiger partial charge in [0, 0.05) is 71.0 Å². The van der Waals surface area contributed by atoms with E-state index in [9.17, 15) is 38.7 Å². The number of likely N-dealkylation sites (tertiary alicyclic amines) is 1. The number of benzene rings is 1. The molecular weight excluding hydrogens is 867 g/mol. The normalized spacial score (nSPS) is 32.0. The largest absolute Gasteiger partial charge is 0.495 e. The second-order valence-electron chi connectivity index (χ2n) is 17.8. The number of aliphatic hydroxyl groups is 1. The van der Waals surface area contributed by atoms with Gasteiger partial charge in [-0.05, 0) is 57.2 Å². The first-order chi connectivity index (χ1) is 30.3. The molecular formula is C45H60BClN4O12S. The first-order valence-corrected chi connectivity index (χ1v) is 23.3. The van der Waals surface area contributed by atoms with Crippen molar-refractivity contribution in [2.24, 2.45) is 17.8 Å². The molecule has 4 fully saturated rings. The number of carbonyl (C=O) groups is 7. The van der Waals surface area contributed by atoms with Gasteiger partial charge < -0.3 is 38.6 Å². The van der Waals surface area contributed by atoms with Gasteiger partial charge in [-0.15, -0.1) is 11.8 Å². The molecule has 5 aliphatic rings. The lowest BCUT2D eigenvalue weighted by Crippen LogP contribution is -2.63. The van der Waals surface area contributed by atoms with E-state index in [1.54, 1.807) is 32.2 Å². The first kappa shape index (κ1) is 49.2. The van der Waals surface area contributed by atoms with Crippen molar-refractivity contribution in [3.63, 3.8) is 0 Å². The van der Waals surface area contributed by atoms with Gasteiger partial charge in [-0.1, -0.05) is 48.7 Å². The molecule has 10 atom stereocenters. The van der Waals surface area contributed by atoms with Crippen LogP contribution in [0.1, 0.15) is 77.7 Å². The quantitative estimate of drug-likeness (QED) is 0.112. The number of hydrogen-bond donors (Lipinski definition) is 2. The summed E-state index contributed by atoms with van der Waals surface area (Å²) in [5.74, 6) is -2.80. The van der Waals surface area contributed by atoms with Crippen LogP contribution >= 0.6 is 23.4 Å². The van der Waals surface area contributed by atoms with Crippen LogP contribution in [0.2, 0.25) is 5.02 Å². The number of anilines is 1. The van der Waals surface area contributed by atoms with Gasteiger partial charge in [0.15, 0.2) is 19.4 Å². The number of unbranched alkanes of at least 4 members (excludes halogenated alkanes) is 2. The van der Waals surface area contributed by atoms with Crippen LogP contribution in [0.25, 0.3) is 0 Å². The number of ether oxygens (including phenoxy) is 4. The molecule has 0 radical (unpaired) electrons. The summed E-state index contributed by atoms with van der Waals surface area (Å²) in [4.78, 5) is 96.3. The zero-order valence-electron chi connectivity index (χ0n) is 37.8. The van der Waals surface area contributed by atoms with Crippen molar-refractivity contribution in [1.82, 2.24) is 15.1 Å². The molecule has 6 rings (SSSR count). The number of methoxy groups -OCH3 is 2. The number of thioether (sulfide) groups is 1. The monoisotopic (exact) mass is 926 g/mol. The number of likely N-dealkylation sites (N-methyl/N-ethyl adjacent to an activating group) is 1. The molecule has 2 N–H and O–H groups in total. The minimum atomic E-state index is -1.85. The molecule has 1 saturated carbocycles. The van der Waals surface area contributed by atoms with Crippen molar-refractivity contribution in [1.29, 1.82) is 0 Å². The maximum absolute atomic E-state index is 14.5. The Labute approximate surface area is 384 Å². The Morgan fingerprint density at radius 3 is 2.53 bits per heavy atom. The molecule has 0 aromatic heterocycles. The lowest BCUT2D eigenvalue weighted by Gasteiger charge is -2.41. The molecule has 3 unspecified atom stereocenters. The molecule has 3 saturated heterocycles. The van der Waals surface area contributed by atoms with Gasteiger partial charge in [0.25, 0.3) is 0 Å². The number of amides is 5. The van der Waals surface area contributed by atoms with E-state index in [-0.39, 0.29) is 71.6 Å². The van der Waals surface area contributed by atoms with Gasteiger partial charge in [-0.25, -0.2) is 4.79 Å². The average Bonchev–Trinajstić information content (AvgIpc) is 4.11. The molecule has 64 heavy (non-hydrogen) atoms. The lowest BCUT2D eigenvalue weighted by molar-refractivity contribution is -0.142. The van der Waals surface area contributed by atoms with Crippen molar-refractivity contribution in [2.45, 2.75) is 119 Å². The number of rotatable bonds is 15. The van der Waals surface area contributed by atoms with Crippen LogP contribution in [0, 0.1) is 17.8 Å². The van der Waals surface area contributed by atoms with Crippen LogP contribution in [0.15, 0.2) is 35.9 Å². The Balaban J connectivity index is 1.18. The number of Topliss-reactive ketones (excluding diaryl/α,β-unsaturated/α-hetero) is 1. The van der Waals surface area contributed by atoms with Crippen LogP contribution in [-0.2, 0) is 49.4 Å². The van der Waals surface area contributed by atoms with Gasteiger partial charge in [0.1, 0.15) is 28.6 Å². The van der Waals surface area contributed by atoms with E-state index in [0.29, 0.717) is 43.7 Å². The fourth-order valence-electron chi connectivity index (χ4n) is 9.52. The first-order valence-electron chi connectivity index (χ1n) is 21.9. The van der Waals surface area contributed by atoms with E-state index in [1.807, 2.05) is 26.0 Å². The topological polar surface area (TPSA) is 202 Å². The predicted molar refractivity (Wildman–Crippen MR) is 242 cm³/mol. The van der Waals surface area contributed by atoms with Crippen LogP contribution in [0.3, 0.4) is 0 Å². The predicted octanol–water partition coefficient (Wildman–Crippen LogP) is 3.37. The number of hydrogen-bond acceptors (Lipinski definition) is 13. The third-order valence-electron chi connectivity index (χ3n) is 13.5. The number of nitrogens with one attached hydrogen (secondary N) is 1. The second kappa shape index (κ2) is 20.1. The summed E-state index contributed by atoms with van der Waals surface area (Å²) in [6, 6.07) is 2.69. The molecule has 4 heterocycles. The molecule has 1 spiro atoms. The smallest absolute Gasteiger partial charge is 0.409 e. The molecule has 5 amide bonds.